The van der Waals surface area contributed by atoms with Crippen molar-refractivity contribution in [1.29, 1.82) is 0 Å². The number of halogens is 2. The number of anilines is 1. The Balaban J connectivity index is 0.00000144. The lowest BCUT2D eigenvalue weighted by molar-refractivity contribution is -0.119. The molecule has 1 atom stereocenters. The van der Waals surface area contributed by atoms with Crippen molar-refractivity contribution in [2.75, 3.05) is 25.0 Å². The van der Waals surface area contributed by atoms with Gasteiger partial charge in [-0.2, -0.15) is 0 Å². The Morgan fingerprint density at radius 2 is 2.17 bits per heavy atom. The molecule has 102 valence electrons. The van der Waals surface area contributed by atoms with Gasteiger partial charge in [0.2, 0.25) is 5.91 Å². The van der Waals surface area contributed by atoms with Gasteiger partial charge in [0.15, 0.2) is 0 Å². The maximum Gasteiger partial charge on any atom is 0.227 e. The maximum absolute atomic E-state index is 11.6. The molecule has 1 aromatic heterocycles. The molecule has 18 heavy (non-hydrogen) atoms. The number of nitrogens with zero attached hydrogens (tertiary/aromatic N) is 1. The van der Waals surface area contributed by atoms with Crippen LogP contribution in [0.2, 0.25) is 0 Å². The number of hydrogen-bond acceptors (Lipinski definition) is 4. The molecule has 2 heterocycles. The van der Waals surface area contributed by atoms with E-state index in [0.29, 0.717) is 13.0 Å². The second kappa shape index (κ2) is 9.10. The summed E-state index contributed by atoms with van der Waals surface area (Å²) in [6.45, 7) is 2.28. The summed E-state index contributed by atoms with van der Waals surface area (Å²) < 4.78 is 5.45. The second-order valence-corrected chi connectivity index (χ2v) is 3.69. The third-order valence-corrected chi connectivity index (χ3v) is 2.38. The van der Waals surface area contributed by atoms with Crippen molar-refractivity contribution in [3.05, 3.63) is 24.5 Å². The highest BCUT2D eigenvalue weighted by atomic mass is 35.5. The fourth-order valence-electron chi connectivity index (χ4n) is 1.60. The Kier molecular flexibility index (Phi) is 8.66. The minimum absolute atomic E-state index is 0. The Morgan fingerprint density at radius 1 is 1.44 bits per heavy atom. The molecule has 0 bridgehead atoms. The Morgan fingerprint density at radius 3 is 2.78 bits per heavy atom. The zero-order valence-electron chi connectivity index (χ0n) is 9.80. The molecule has 0 radical (unpaired) electrons. The molecule has 5 nitrogen and oxygen atoms in total. The van der Waals surface area contributed by atoms with Crippen LogP contribution in [0.25, 0.3) is 0 Å². The van der Waals surface area contributed by atoms with E-state index < -0.39 is 0 Å². The Bertz CT molecular complexity index is 345. The van der Waals surface area contributed by atoms with Crippen molar-refractivity contribution in [3.8, 4) is 0 Å². The molecule has 7 heteroatoms. The normalized spacial score (nSPS) is 18.1. The van der Waals surface area contributed by atoms with Gasteiger partial charge in [0, 0.05) is 31.2 Å². The largest absolute Gasteiger partial charge is 0.375 e. The number of nitrogens with one attached hydrogen (secondary N) is 2. The average Bonchev–Trinajstić information content (AvgIpc) is 2.31. The molecule has 0 saturated carbocycles. The summed E-state index contributed by atoms with van der Waals surface area (Å²) in [5, 5.41) is 5.99. The van der Waals surface area contributed by atoms with Gasteiger partial charge in [-0.15, -0.1) is 24.8 Å². The smallest absolute Gasteiger partial charge is 0.227 e. The van der Waals surface area contributed by atoms with E-state index in [-0.39, 0.29) is 36.8 Å². The first-order chi connectivity index (χ1) is 7.84. The SMILES string of the molecule is Cl.Cl.O=C(CC1CNCCO1)Nc1ccncc1. The van der Waals surface area contributed by atoms with E-state index >= 15 is 0 Å². The number of ether oxygens (including phenoxy) is 1. The second-order valence-electron chi connectivity index (χ2n) is 3.69. The Labute approximate surface area is 119 Å². The molecule has 1 amide bonds. The van der Waals surface area contributed by atoms with Crippen molar-refractivity contribution in [2.45, 2.75) is 12.5 Å². The van der Waals surface area contributed by atoms with Crippen LogP contribution in [0.5, 0.6) is 0 Å². The van der Waals surface area contributed by atoms with Gasteiger partial charge >= 0.3 is 0 Å². The van der Waals surface area contributed by atoms with E-state index in [9.17, 15) is 4.79 Å². The van der Waals surface area contributed by atoms with Crippen molar-refractivity contribution < 1.29 is 9.53 Å². The van der Waals surface area contributed by atoms with Gasteiger partial charge in [0.1, 0.15) is 0 Å². The highest BCUT2D eigenvalue weighted by molar-refractivity contribution is 5.90. The molecule has 1 unspecified atom stereocenters. The van der Waals surface area contributed by atoms with Crippen LogP contribution in [-0.2, 0) is 9.53 Å². The number of aromatic nitrogens is 1. The molecule has 1 aromatic rings. The number of amides is 1. The minimum atomic E-state index is -0.0279. The summed E-state index contributed by atoms with van der Waals surface area (Å²) in [7, 11) is 0. The van der Waals surface area contributed by atoms with Gasteiger partial charge in [-0.3, -0.25) is 9.78 Å². The first-order valence-electron chi connectivity index (χ1n) is 5.37. The van der Waals surface area contributed by atoms with Crippen molar-refractivity contribution in [2.24, 2.45) is 0 Å². The number of pyridine rings is 1. The van der Waals surface area contributed by atoms with Crippen LogP contribution in [0.1, 0.15) is 6.42 Å². The molecule has 0 aromatic carbocycles. The van der Waals surface area contributed by atoms with Crippen LogP contribution in [0.4, 0.5) is 5.69 Å². The van der Waals surface area contributed by atoms with E-state index in [4.69, 9.17) is 4.74 Å². The molecule has 0 aliphatic carbocycles. The lowest BCUT2D eigenvalue weighted by Gasteiger charge is -2.22. The van der Waals surface area contributed by atoms with Crippen LogP contribution in [0.3, 0.4) is 0 Å². The summed E-state index contributed by atoms with van der Waals surface area (Å²) in [6, 6.07) is 3.52. The highest BCUT2D eigenvalue weighted by Gasteiger charge is 2.17. The van der Waals surface area contributed by atoms with Crippen LogP contribution in [-0.4, -0.2) is 36.7 Å². The van der Waals surface area contributed by atoms with Crippen molar-refractivity contribution in [1.82, 2.24) is 10.3 Å². The fraction of sp³-hybridized carbons (Fsp3) is 0.455. The van der Waals surface area contributed by atoms with Crippen molar-refractivity contribution >= 4 is 36.4 Å². The van der Waals surface area contributed by atoms with Gasteiger partial charge < -0.3 is 15.4 Å². The number of hydrogen-bond donors (Lipinski definition) is 2. The predicted molar refractivity (Wildman–Crippen MR) is 74.6 cm³/mol. The first-order valence-corrected chi connectivity index (χ1v) is 5.37. The molecule has 1 saturated heterocycles. The molecular formula is C11H17Cl2N3O2. The van der Waals surface area contributed by atoms with Gasteiger partial charge in [0.05, 0.1) is 19.1 Å². The molecule has 1 aliphatic rings. The Hall–Kier alpha value is -0.880. The summed E-state index contributed by atoms with van der Waals surface area (Å²) in [6.07, 6.45) is 3.66. The zero-order valence-corrected chi connectivity index (χ0v) is 11.4. The number of carbonyl (C=O) groups is 1. The van der Waals surface area contributed by atoms with Gasteiger partial charge in [-0.05, 0) is 12.1 Å². The van der Waals surface area contributed by atoms with Gasteiger partial charge in [-0.25, -0.2) is 0 Å². The fourth-order valence-corrected chi connectivity index (χ4v) is 1.60. The number of rotatable bonds is 3. The van der Waals surface area contributed by atoms with Crippen LogP contribution < -0.4 is 10.6 Å². The third-order valence-electron chi connectivity index (χ3n) is 2.38. The third kappa shape index (κ3) is 5.64. The summed E-state index contributed by atoms with van der Waals surface area (Å²) in [5.74, 6) is -0.0279. The molecule has 2 rings (SSSR count). The van der Waals surface area contributed by atoms with Gasteiger partial charge in [-0.1, -0.05) is 0 Å². The monoisotopic (exact) mass is 293 g/mol. The van der Waals surface area contributed by atoms with Crippen LogP contribution >= 0.6 is 24.8 Å². The standard InChI is InChI=1S/C11H15N3O2.2ClH/c15-11(7-10-8-13-5-6-16-10)14-9-1-3-12-4-2-9;;/h1-4,10,13H,5-8H2,(H,12,14,15);2*1H. The minimum Gasteiger partial charge on any atom is -0.375 e. The lowest BCUT2D eigenvalue weighted by Crippen LogP contribution is -2.40. The van der Waals surface area contributed by atoms with Gasteiger partial charge in [0.25, 0.3) is 0 Å². The lowest BCUT2D eigenvalue weighted by atomic mass is 10.2. The molecular weight excluding hydrogens is 277 g/mol. The number of morpholine rings is 1. The summed E-state index contributed by atoms with van der Waals surface area (Å²) in [5.41, 5.74) is 0.767. The van der Waals surface area contributed by atoms with E-state index in [2.05, 4.69) is 15.6 Å². The number of carbonyl (C=O) groups excluding carboxylic acids is 1. The quantitative estimate of drug-likeness (QED) is 0.880. The first kappa shape index (κ1) is 17.1. The van der Waals surface area contributed by atoms with E-state index in [0.717, 1.165) is 18.8 Å². The predicted octanol–water partition coefficient (Wildman–Crippen LogP) is 1.24. The van der Waals surface area contributed by atoms with E-state index in [1.807, 2.05) is 0 Å². The zero-order chi connectivity index (χ0) is 11.2. The van der Waals surface area contributed by atoms with Crippen molar-refractivity contribution in [3.63, 3.8) is 0 Å². The van der Waals surface area contributed by atoms with E-state index in [1.54, 1.807) is 24.5 Å². The molecule has 1 fully saturated rings. The summed E-state index contributed by atoms with van der Waals surface area (Å²) in [4.78, 5) is 15.5. The molecule has 1 aliphatic heterocycles. The topological polar surface area (TPSA) is 63.2 Å². The molecule has 0 spiro atoms. The maximum atomic E-state index is 11.6. The van der Waals surface area contributed by atoms with E-state index in [1.165, 1.54) is 0 Å². The molecule has 2 N–H and O–H groups in total. The average molecular weight is 294 g/mol. The van der Waals surface area contributed by atoms with Crippen LogP contribution in [0, 0.1) is 0 Å². The van der Waals surface area contributed by atoms with Crippen LogP contribution in [0.15, 0.2) is 24.5 Å². The summed E-state index contributed by atoms with van der Waals surface area (Å²) >= 11 is 0. The highest BCUT2D eigenvalue weighted by Crippen LogP contribution is 2.07.